The predicted molar refractivity (Wildman–Crippen MR) is 99.0 cm³/mol. The van der Waals surface area contributed by atoms with Crippen molar-refractivity contribution in [3.8, 4) is 0 Å². The summed E-state index contributed by atoms with van der Waals surface area (Å²) >= 11 is 0. The minimum Gasteiger partial charge on any atom is -0.368 e. The zero-order valence-electron chi connectivity index (χ0n) is 15.0. The van der Waals surface area contributed by atoms with Gasteiger partial charge in [0.1, 0.15) is 0 Å². The van der Waals surface area contributed by atoms with E-state index in [-0.39, 0.29) is 17.1 Å². The van der Waals surface area contributed by atoms with E-state index >= 15 is 0 Å². The number of piperazine rings is 1. The Hall–Kier alpha value is -1.60. The van der Waals surface area contributed by atoms with Crippen LogP contribution in [0.1, 0.15) is 20.3 Å². The third kappa shape index (κ3) is 3.67. The number of nitrogens with zero attached hydrogens (tertiary/aromatic N) is 3. The topological polar surface area (TPSA) is 60.9 Å². The molecule has 6 nitrogen and oxygen atoms in total. The Morgan fingerprint density at radius 3 is 2.28 bits per heavy atom. The number of amides is 1. The molecule has 2 saturated heterocycles. The molecule has 2 aliphatic heterocycles. The van der Waals surface area contributed by atoms with Crippen LogP contribution in [0.3, 0.4) is 0 Å². The van der Waals surface area contributed by atoms with E-state index in [9.17, 15) is 13.2 Å². The number of benzene rings is 1. The van der Waals surface area contributed by atoms with Crippen molar-refractivity contribution in [1.82, 2.24) is 9.21 Å². The second-order valence-corrected chi connectivity index (χ2v) is 9.28. The lowest BCUT2D eigenvalue weighted by Gasteiger charge is -2.43. The number of sulfonamides is 1. The van der Waals surface area contributed by atoms with Gasteiger partial charge in [-0.25, -0.2) is 8.42 Å². The zero-order valence-corrected chi connectivity index (χ0v) is 15.8. The first-order chi connectivity index (χ1) is 11.9. The molecule has 25 heavy (non-hydrogen) atoms. The highest BCUT2D eigenvalue weighted by molar-refractivity contribution is 7.89. The molecule has 0 bridgehead atoms. The molecule has 1 unspecified atom stereocenters. The summed E-state index contributed by atoms with van der Waals surface area (Å²) in [5, 5.41) is -0.377. The quantitative estimate of drug-likeness (QED) is 0.791. The lowest BCUT2D eigenvalue weighted by atomic mass is 10.0. The lowest BCUT2D eigenvalue weighted by molar-refractivity contribution is -0.139. The van der Waals surface area contributed by atoms with Crippen molar-refractivity contribution in [2.24, 2.45) is 5.92 Å². The smallest absolute Gasteiger partial charge is 0.228 e. The summed E-state index contributed by atoms with van der Waals surface area (Å²) < 4.78 is 26.0. The summed E-state index contributed by atoms with van der Waals surface area (Å²) in [6.07, 6.45) is 0.596. The Bertz CT molecular complexity index is 694. The molecule has 1 aromatic carbocycles. The highest BCUT2D eigenvalue weighted by Gasteiger charge is 2.43. The maximum atomic E-state index is 12.6. The first kappa shape index (κ1) is 18.2. The van der Waals surface area contributed by atoms with Gasteiger partial charge in [-0.15, -0.1) is 0 Å². The Balaban J connectivity index is 1.50. The van der Waals surface area contributed by atoms with Crippen LogP contribution in [0.25, 0.3) is 0 Å². The van der Waals surface area contributed by atoms with E-state index in [2.05, 4.69) is 17.0 Å². The van der Waals surface area contributed by atoms with Crippen LogP contribution >= 0.6 is 0 Å². The summed E-state index contributed by atoms with van der Waals surface area (Å²) in [5.74, 6) is -0.0783. The van der Waals surface area contributed by atoms with Crippen molar-refractivity contribution < 1.29 is 13.2 Å². The summed E-state index contributed by atoms with van der Waals surface area (Å²) in [6.45, 7) is 7.30. The molecule has 0 aliphatic carbocycles. The summed E-state index contributed by atoms with van der Waals surface area (Å²) in [4.78, 5) is 16.8. The Labute approximate surface area is 150 Å². The number of carbonyl (C=O) groups excluding carboxylic acids is 1. The van der Waals surface area contributed by atoms with E-state index in [0.717, 1.165) is 13.1 Å². The fraction of sp³-hybridized carbons (Fsp3) is 0.611. The molecule has 2 heterocycles. The monoisotopic (exact) mass is 365 g/mol. The van der Waals surface area contributed by atoms with Crippen molar-refractivity contribution in [2.45, 2.75) is 25.5 Å². The summed E-state index contributed by atoms with van der Waals surface area (Å²) in [6, 6.07) is 10.2. The van der Waals surface area contributed by atoms with Crippen LogP contribution in [0, 0.1) is 5.92 Å². The van der Waals surface area contributed by atoms with Gasteiger partial charge in [0.2, 0.25) is 15.9 Å². The predicted octanol–water partition coefficient (Wildman–Crippen LogP) is 1.40. The molecule has 1 aromatic rings. The minimum absolute atomic E-state index is 0.100. The average molecular weight is 365 g/mol. The van der Waals surface area contributed by atoms with E-state index in [0.29, 0.717) is 32.6 Å². The molecule has 1 amide bonds. The standard InChI is InChI=1S/C18H27N3O3S/c1-3-15(2)25(23,24)21-13-16(14-21)18(22)20-11-9-19(10-12-20)17-7-5-4-6-8-17/h4-8,15-16H,3,9-14H2,1-2H3. The number of rotatable bonds is 5. The van der Waals surface area contributed by atoms with Crippen LogP contribution in [-0.4, -0.2) is 68.0 Å². The summed E-state index contributed by atoms with van der Waals surface area (Å²) in [5.41, 5.74) is 1.18. The Kier molecular flexibility index (Phi) is 5.34. The molecule has 0 aromatic heterocycles. The molecule has 2 aliphatic rings. The number of anilines is 1. The van der Waals surface area contributed by atoms with Crippen LogP contribution < -0.4 is 4.90 Å². The first-order valence-corrected chi connectivity index (χ1v) is 10.5. The average Bonchev–Trinajstić information content (AvgIpc) is 2.60. The van der Waals surface area contributed by atoms with E-state index in [4.69, 9.17) is 0 Å². The highest BCUT2D eigenvalue weighted by atomic mass is 32.2. The van der Waals surface area contributed by atoms with E-state index in [1.54, 1.807) is 6.92 Å². The van der Waals surface area contributed by atoms with Crippen LogP contribution in [0.4, 0.5) is 5.69 Å². The SMILES string of the molecule is CCC(C)S(=O)(=O)N1CC(C(=O)N2CCN(c3ccccc3)CC2)C1. The Morgan fingerprint density at radius 2 is 1.72 bits per heavy atom. The fourth-order valence-electron chi connectivity index (χ4n) is 3.35. The van der Waals surface area contributed by atoms with Crippen LogP contribution in [0.2, 0.25) is 0 Å². The van der Waals surface area contributed by atoms with Crippen LogP contribution in [0.5, 0.6) is 0 Å². The van der Waals surface area contributed by atoms with Gasteiger partial charge in [-0.1, -0.05) is 25.1 Å². The van der Waals surface area contributed by atoms with Gasteiger partial charge in [-0.05, 0) is 25.5 Å². The van der Waals surface area contributed by atoms with Crippen molar-refractivity contribution in [3.63, 3.8) is 0 Å². The molecule has 0 N–H and O–H groups in total. The number of hydrogen-bond acceptors (Lipinski definition) is 4. The third-order valence-corrected chi connectivity index (χ3v) is 7.72. The van der Waals surface area contributed by atoms with Crippen molar-refractivity contribution in [2.75, 3.05) is 44.2 Å². The largest absolute Gasteiger partial charge is 0.368 e. The van der Waals surface area contributed by atoms with Gasteiger partial charge in [-0.2, -0.15) is 4.31 Å². The molecular weight excluding hydrogens is 338 g/mol. The number of hydrogen-bond donors (Lipinski definition) is 0. The first-order valence-electron chi connectivity index (χ1n) is 9.01. The summed E-state index contributed by atoms with van der Waals surface area (Å²) in [7, 11) is -3.24. The zero-order chi connectivity index (χ0) is 18.0. The van der Waals surface area contributed by atoms with Gasteiger partial charge in [0.15, 0.2) is 0 Å². The van der Waals surface area contributed by atoms with Gasteiger partial charge in [0, 0.05) is 45.0 Å². The van der Waals surface area contributed by atoms with Gasteiger partial charge in [-0.3, -0.25) is 4.79 Å². The molecule has 0 spiro atoms. The number of para-hydroxylation sites is 1. The second-order valence-electron chi connectivity index (χ2n) is 6.93. The van der Waals surface area contributed by atoms with Crippen molar-refractivity contribution >= 4 is 21.6 Å². The maximum absolute atomic E-state index is 12.6. The van der Waals surface area contributed by atoms with Crippen LogP contribution in [0.15, 0.2) is 30.3 Å². The number of carbonyl (C=O) groups is 1. The van der Waals surface area contributed by atoms with Crippen molar-refractivity contribution in [1.29, 1.82) is 0 Å². The molecule has 0 saturated carbocycles. The van der Waals surface area contributed by atoms with Crippen molar-refractivity contribution in [3.05, 3.63) is 30.3 Å². The molecule has 3 rings (SSSR count). The van der Waals surface area contributed by atoms with Gasteiger partial charge in [0.25, 0.3) is 0 Å². The second kappa shape index (κ2) is 7.33. The lowest BCUT2D eigenvalue weighted by Crippen LogP contribution is -2.60. The molecule has 0 radical (unpaired) electrons. The molecule has 1 atom stereocenters. The molecule has 138 valence electrons. The minimum atomic E-state index is -3.24. The molecule has 2 fully saturated rings. The van der Waals surface area contributed by atoms with E-state index < -0.39 is 10.0 Å². The van der Waals surface area contributed by atoms with Gasteiger partial charge >= 0.3 is 0 Å². The van der Waals surface area contributed by atoms with Gasteiger partial charge < -0.3 is 9.80 Å². The molecule has 7 heteroatoms. The highest BCUT2D eigenvalue weighted by Crippen LogP contribution is 2.26. The van der Waals surface area contributed by atoms with Crippen LogP contribution in [-0.2, 0) is 14.8 Å². The van der Waals surface area contributed by atoms with Gasteiger partial charge in [0.05, 0.1) is 11.2 Å². The Morgan fingerprint density at radius 1 is 1.12 bits per heavy atom. The maximum Gasteiger partial charge on any atom is 0.228 e. The normalized spacial score (nSPS) is 21.0. The fourth-order valence-corrected chi connectivity index (χ4v) is 5.05. The van der Waals surface area contributed by atoms with E-state index in [1.807, 2.05) is 30.0 Å². The third-order valence-electron chi connectivity index (χ3n) is 5.35. The molecular formula is C18H27N3O3S. The van der Waals surface area contributed by atoms with E-state index in [1.165, 1.54) is 9.99 Å².